The predicted molar refractivity (Wildman–Crippen MR) is 73.9 cm³/mol. The molecule has 0 amide bonds. The van der Waals surface area contributed by atoms with Crippen LogP contribution in [0, 0.1) is 0 Å². The molecule has 3 rings (SSSR count). The van der Waals surface area contributed by atoms with Crippen LogP contribution in [0.4, 0.5) is 5.69 Å². The van der Waals surface area contributed by atoms with Crippen molar-refractivity contribution in [2.45, 2.75) is 25.9 Å². The van der Waals surface area contributed by atoms with Gasteiger partial charge in [0.05, 0.1) is 15.7 Å². The highest BCUT2D eigenvalue weighted by Crippen LogP contribution is 2.26. The molecule has 0 spiro atoms. The van der Waals surface area contributed by atoms with Gasteiger partial charge in [0.25, 0.3) is 0 Å². The Kier molecular flexibility index (Phi) is 2.76. The van der Waals surface area contributed by atoms with E-state index in [1.54, 1.807) is 11.3 Å². The molecule has 1 fully saturated rings. The molecule has 2 atom stereocenters. The molecular weight excluding hydrogens is 230 g/mol. The van der Waals surface area contributed by atoms with Gasteiger partial charge in [-0.1, -0.05) is 0 Å². The van der Waals surface area contributed by atoms with Gasteiger partial charge in [-0.05, 0) is 32.0 Å². The van der Waals surface area contributed by atoms with Gasteiger partial charge in [0, 0.05) is 30.9 Å². The van der Waals surface area contributed by atoms with Gasteiger partial charge in [0.15, 0.2) is 0 Å². The maximum absolute atomic E-state index is 4.33. The van der Waals surface area contributed by atoms with Crippen molar-refractivity contribution in [1.82, 2.24) is 10.3 Å². The number of hydrogen-bond acceptors (Lipinski definition) is 4. The Labute approximate surface area is 105 Å². The molecule has 3 nitrogen and oxygen atoms in total. The van der Waals surface area contributed by atoms with Crippen LogP contribution in [-0.2, 0) is 0 Å². The first-order valence-corrected chi connectivity index (χ1v) is 6.95. The van der Waals surface area contributed by atoms with Gasteiger partial charge in [-0.3, -0.25) is 0 Å². The summed E-state index contributed by atoms with van der Waals surface area (Å²) in [6.07, 6.45) is 0. The number of nitrogens with zero attached hydrogens (tertiary/aromatic N) is 2. The van der Waals surface area contributed by atoms with E-state index >= 15 is 0 Å². The number of nitrogens with one attached hydrogen (secondary N) is 1. The molecule has 1 aromatic heterocycles. The molecule has 0 bridgehead atoms. The lowest BCUT2D eigenvalue weighted by atomic mass is 10.1. The summed E-state index contributed by atoms with van der Waals surface area (Å²) < 4.78 is 1.28. The lowest BCUT2D eigenvalue weighted by Crippen LogP contribution is -2.54. The first kappa shape index (κ1) is 11.0. The zero-order valence-corrected chi connectivity index (χ0v) is 11.0. The van der Waals surface area contributed by atoms with E-state index < -0.39 is 0 Å². The molecule has 1 saturated heterocycles. The fourth-order valence-corrected chi connectivity index (χ4v) is 3.11. The predicted octanol–water partition coefficient (Wildman–Crippen LogP) is 2.48. The van der Waals surface area contributed by atoms with Crippen LogP contribution < -0.4 is 10.2 Å². The highest BCUT2D eigenvalue weighted by atomic mass is 32.1. The number of fused-ring (bicyclic) bond motifs is 1. The lowest BCUT2D eigenvalue weighted by Gasteiger charge is -2.39. The topological polar surface area (TPSA) is 28.2 Å². The van der Waals surface area contributed by atoms with Gasteiger partial charge in [-0.25, -0.2) is 4.98 Å². The third kappa shape index (κ3) is 2.03. The molecule has 1 aliphatic heterocycles. The fourth-order valence-electron chi connectivity index (χ4n) is 2.40. The summed E-state index contributed by atoms with van der Waals surface area (Å²) in [7, 11) is 0. The Bertz CT molecular complexity index is 522. The molecule has 1 aliphatic rings. The van der Waals surface area contributed by atoms with E-state index in [9.17, 15) is 0 Å². The average Bonchev–Trinajstić information content (AvgIpc) is 2.79. The van der Waals surface area contributed by atoms with E-state index in [1.165, 1.54) is 10.4 Å². The minimum Gasteiger partial charge on any atom is -0.366 e. The summed E-state index contributed by atoms with van der Waals surface area (Å²) in [5.74, 6) is 0. The van der Waals surface area contributed by atoms with Crippen molar-refractivity contribution in [2.24, 2.45) is 0 Å². The van der Waals surface area contributed by atoms with E-state index in [0.717, 1.165) is 18.6 Å². The van der Waals surface area contributed by atoms with E-state index in [1.807, 2.05) is 5.51 Å². The van der Waals surface area contributed by atoms with Crippen molar-refractivity contribution < 1.29 is 0 Å². The Hall–Kier alpha value is -1.13. The average molecular weight is 247 g/mol. The van der Waals surface area contributed by atoms with Crippen molar-refractivity contribution >= 4 is 27.2 Å². The van der Waals surface area contributed by atoms with Gasteiger partial charge in [0.1, 0.15) is 0 Å². The first-order valence-electron chi connectivity index (χ1n) is 6.07. The molecule has 1 aromatic carbocycles. The summed E-state index contributed by atoms with van der Waals surface area (Å²) in [4.78, 5) is 6.81. The zero-order chi connectivity index (χ0) is 11.8. The molecule has 2 unspecified atom stereocenters. The number of thiazole rings is 1. The van der Waals surface area contributed by atoms with E-state index in [4.69, 9.17) is 0 Å². The van der Waals surface area contributed by atoms with E-state index in [0.29, 0.717) is 12.1 Å². The number of hydrogen-bond donors (Lipinski definition) is 1. The van der Waals surface area contributed by atoms with E-state index in [-0.39, 0.29) is 0 Å². The molecule has 0 saturated carbocycles. The van der Waals surface area contributed by atoms with Crippen molar-refractivity contribution in [3.05, 3.63) is 23.7 Å². The van der Waals surface area contributed by atoms with Crippen LogP contribution in [0.3, 0.4) is 0 Å². The SMILES string of the molecule is CC1CN(c2ccc3ncsc3c2)C(C)CN1. The molecule has 0 radical (unpaired) electrons. The molecule has 1 N–H and O–H groups in total. The molecule has 2 aromatic rings. The van der Waals surface area contributed by atoms with Crippen molar-refractivity contribution in [2.75, 3.05) is 18.0 Å². The van der Waals surface area contributed by atoms with Gasteiger partial charge in [-0.15, -0.1) is 11.3 Å². The fraction of sp³-hybridized carbons (Fsp3) is 0.462. The number of aromatic nitrogens is 1. The first-order chi connectivity index (χ1) is 8.24. The molecule has 0 aliphatic carbocycles. The minimum atomic E-state index is 0.552. The van der Waals surface area contributed by atoms with Gasteiger partial charge < -0.3 is 10.2 Å². The Balaban J connectivity index is 1.95. The Morgan fingerprint density at radius 1 is 1.41 bits per heavy atom. The maximum atomic E-state index is 4.33. The van der Waals surface area contributed by atoms with Crippen molar-refractivity contribution in [3.8, 4) is 0 Å². The summed E-state index contributed by atoms with van der Waals surface area (Å²) in [6, 6.07) is 7.69. The zero-order valence-electron chi connectivity index (χ0n) is 10.2. The third-order valence-corrected chi connectivity index (χ3v) is 4.20. The quantitative estimate of drug-likeness (QED) is 0.839. The van der Waals surface area contributed by atoms with Crippen molar-refractivity contribution in [3.63, 3.8) is 0 Å². The normalized spacial score (nSPS) is 25.4. The Morgan fingerprint density at radius 2 is 2.29 bits per heavy atom. The summed E-state index contributed by atoms with van der Waals surface area (Å²) in [5.41, 5.74) is 4.34. The van der Waals surface area contributed by atoms with Crippen LogP contribution in [0.1, 0.15) is 13.8 Å². The van der Waals surface area contributed by atoms with Crippen LogP contribution >= 0.6 is 11.3 Å². The summed E-state index contributed by atoms with van der Waals surface area (Å²) in [5, 5.41) is 3.51. The highest BCUT2D eigenvalue weighted by molar-refractivity contribution is 7.16. The number of rotatable bonds is 1. The lowest BCUT2D eigenvalue weighted by molar-refractivity contribution is 0.425. The van der Waals surface area contributed by atoms with E-state index in [2.05, 4.69) is 47.2 Å². The van der Waals surface area contributed by atoms with Crippen LogP contribution in [-0.4, -0.2) is 30.2 Å². The third-order valence-electron chi connectivity index (χ3n) is 3.41. The molecule has 4 heteroatoms. The smallest absolute Gasteiger partial charge is 0.0813 e. The van der Waals surface area contributed by atoms with Crippen LogP contribution in [0.2, 0.25) is 0 Å². The molecule has 2 heterocycles. The molecule has 90 valence electrons. The minimum absolute atomic E-state index is 0.552. The molecule has 17 heavy (non-hydrogen) atoms. The van der Waals surface area contributed by atoms with Gasteiger partial charge >= 0.3 is 0 Å². The Morgan fingerprint density at radius 3 is 3.18 bits per heavy atom. The second-order valence-electron chi connectivity index (χ2n) is 4.82. The molecular formula is C13H17N3S. The monoisotopic (exact) mass is 247 g/mol. The van der Waals surface area contributed by atoms with Crippen molar-refractivity contribution in [1.29, 1.82) is 0 Å². The standard InChI is InChI=1S/C13H17N3S/c1-9-7-16(10(2)6-14-9)11-3-4-12-13(5-11)17-8-15-12/h3-5,8-10,14H,6-7H2,1-2H3. The second-order valence-corrected chi connectivity index (χ2v) is 5.70. The summed E-state index contributed by atoms with van der Waals surface area (Å²) in [6.45, 7) is 6.65. The van der Waals surface area contributed by atoms with Crippen LogP contribution in [0.15, 0.2) is 23.7 Å². The largest absolute Gasteiger partial charge is 0.366 e. The van der Waals surface area contributed by atoms with Crippen LogP contribution in [0.5, 0.6) is 0 Å². The van der Waals surface area contributed by atoms with Gasteiger partial charge in [0.2, 0.25) is 0 Å². The summed E-state index contributed by atoms with van der Waals surface area (Å²) >= 11 is 1.71. The van der Waals surface area contributed by atoms with Gasteiger partial charge in [-0.2, -0.15) is 0 Å². The highest BCUT2D eigenvalue weighted by Gasteiger charge is 2.22. The maximum Gasteiger partial charge on any atom is 0.0813 e. The number of piperazine rings is 1. The number of anilines is 1. The number of benzene rings is 1. The van der Waals surface area contributed by atoms with Crippen LogP contribution in [0.25, 0.3) is 10.2 Å². The second kappa shape index (κ2) is 4.27.